The zero-order valence-corrected chi connectivity index (χ0v) is 20.0. The zero-order chi connectivity index (χ0) is 25.7. The third kappa shape index (κ3) is 4.79. The molecule has 8 heteroatoms. The van der Waals surface area contributed by atoms with Crippen LogP contribution in [0, 0.1) is 0 Å². The van der Waals surface area contributed by atoms with E-state index in [4.69, 9.17) is 14.2 Å². The van der Waals surface area contributed by atoms with Gasteiger partial charge in [0, 0.05) is 36.1 Å². The average Bonchev–Trinajstić information content (AvgIpc) is 3.16. The summed E-state index contributed by atoms with van der Waals surface area (Å²) in [7, 11) is 3.03. The summed E-state index contributed by atoms with van der Waals surface area (Å²) >= 11 is 0. The van der Waals surface area contributed by atoms with E-state index >= 15 is 0 Å². The van der Waals surface area contributed by atoms with Crippen LogP contribution in [0.4, 0.5) is 0 Å². The fraction of sp³-hybridized carbons (Fsp3) is 0.179. The summed E-state index contributed by atoms with van der Waals surface area (Å²) in [6.45, 7) is 4.07. The summed E-state index contributed by atoms with van der Waals surface area (Å²) in [5.74, 6) is -0.260. The molecule has 0 saturated carbocycles. The monoisotopic (exact) mass is 486 g/mol. The highest BCUT2D eigenvalue weighted by molar-refractivity contribution is 6.46. The van der Waals surface area contributed by atoms with Gasteiger partial charge in [-0.25, -0.2) is 0 Å². The van der Waals surface area contributed by atoms with E-state index < -0.39 is 17.7 Å². The minimum Gasteiger partial charge on any atom is -0.507 e. The van der Waals surface area contributed by atoms with E-state index in [1.54, 1.807) is 67.0 Å². The van der Waals surface area contributed by atoms with E-state index in [1.165, 1.54) is 19.1 Å². The summed E-state index contributed by atoms with van der Waals surface area (Å²) < 4.78 is 16.4. The molecule has 1 fully saturated rings. The van der Waals surface area contributed by atoms with Crippen LogP contribution in [-0.2, 0) is 16.1 Å². The molecule has 4 rings (SSSR count). The quantitative estimate of drug-likeness (QED) is 0.209. The number of benzene rings is 2. The van der Waals surface area contributed by atoms with Crippen molar-refractivity contribution in [1.82, 2.24) is 9.88 Å². The van der Waals surface area contributed by atoms with Gasteiger partial charge in [0.05, 0.1) is 25.8 Å². The SMILES string of the molecule is C=CCOc1ccc(C(O)=C2C(=O)C(=O)N(Cc3cccnc3)[C@H]2c2ccc(OC)cc2OC)cc1. The Morgan fingerprint density at radius 1 is 1.08 bits per heavy atom. The van der Waals surface area contributed by atoms with Crippen LogP contribution in [0.1, 0.15) is 22.7 Å². The van der Waals surface area contributed by atoms with Gasteiger partial charge in [0.2, 0.25) is 0 Å². The number of methoxy groups -OCH3 is 2. The van der Waals surface area contributed by atoms with Gasteiger partial charge in [-0.15, -0.1) is 0 Å². The maximum atomic E-state index is 13.3. The second-order valence-corrected chi connectivity index (χ2v) is 8.02. The predicted octanol–water partition coefficient (Wildman–Crippen LogP) is 4.29. The Labute approximate surface area is 209 Å². The first kappa shape index (κ1) is 24.5. The van der Waals surface area contributed by atoms with Crippen molar-refractivity contribution in [3.05, 3.63) is 102 Å². The lowest BCUT2D eigenvalue weighted by Crippen LogP contribution is -2.29. The van der Waals surface area contributed by atoms with Gasteiger partial charge < -0.3 is 24.2 Å². The van der Waals surface area contributed by atoms with Crippen molar-refractivity contribution in [2.45, 2.75) is 12.6 Å². The molecular weight excluding hydrogens is 460 g/mol. The molecule has 0 unspecified atom stereocenters. The van der Waals surface area contributed by atoms with Crippen LogP contribution < -0.4 is 14.2 Å². The number of hydrogen-bond donors (Lipinski definition) is 1. The molecule has 1 saturated heterocycles. The van der Waals surface area contributed by atoms with Crippen LogP contribution in [0.3, 0.4) is 0 Å². The Balaban J connectivity index is 1.85. The summed E-state index contributed by atoms with van der Waals surface area (Å²) in [5.41, 5.74) is 1.61. The number of amides is 1. The lowest BCUT2D eigenvalue weighted by Gasteiger charge is -2.26. The number of nitrogens with zero attached hydrogens (tertiary/aromatic N) is 2. The summed E-state index contributed by atoms with van der Waals surface area (Å²) in [5, 5.41) is 11.3. The Hall–Kier alpha value is -4.59. The Morgan fingerprint density at radius 2 is 1.83 bits per heavy atom. The van der Waals surface area contributed by atoms with Gasteiger partial charge in [0.1, 0.15) is 29.6 Å². The molecule has 0 radical (unpaired) electrons. The van der Waals surface area contributed by atoms with Crippen molar-refractivity contribution < 1.29 is 28.9 Å². The number of rotatable bonds is 9. The molecule has 3 aromatic rings. The van der Waals surface area contributed by atoms with Gasteiger partial charge in [-0.1, -0.05) is 18.7 Å². The van der Waals surface area contributed by atoms with Crippen molar-refractivity contribution in [1.29, 1.82) is 0 Å². The number of carbonyl (C=O) groups is 2. The van der Waals surface area contributed by atoms with Crippen molar-refractivity contribution in [3.8, 4) is 17.2 Å². The molecule has 2 heterocycles. The maximum absolute atomic E-state index is 13.3. The van der Waals surface area contributed by atoms with Gasteiger partial charge in [-0.3, -0.25) is 14.6 Å². The number of likely N-dealkylation sites (tertiary alicyclic amines) is 1. The molecule has 1 N–H and O–H groups in total. The smallest absolute Gasteiger partial charge is 0.295 e. The van der Waals surface area contributed by atoms with Crippen LogP contribution in [0.15, 0.2) is 85.2 Å². The molecule has 0 spiro atoms. The fourth-order valence-electron chi connectivity index (χ4n) is 4.12. The first-order chi connectivity index (χ1) is 17.5. The molecule has 1 amide bonds. The van der Waals surface area contributed by atoms with E-state index in [1.807, 2.05) is 6.07 Å². The molecule has 0 aliphatic carbocycles. The first-order valence-electron chi connectivity index (χ1n) is 11.2. The van der Waals surface area contributed by atoms with Crippen molar-refractivity contribution >= 4 is 17.4 Å². The second kappa shape index (κ2) is 10.8. The normalized spacial score (nSPS) is 16.6. The molecule has 8 nitrogen and oxygen atoms in total. The molecule has 2 aromatic carbocycles. The van der Waals surface area contributed by atoms with Gasteiger partial charge >= 0.3 is 0 Å². The lowest BCUT2D eigenvalue weighted by atomic mass is 9.94. The molecule has 0 bridgehead atoms. The predicted molar refractivity (Wildman–Crippen MR) is 134 cm³/mol. The number of aromatic nitrogens is 1. The Bertz CT molecular complexity index is 1300. The number of aliphatic hydroxyl groups is 1. The van der Waals surface area contributed by atoms with Gasteiger partial charge in [0.25, 0.3) is 11.7 Å². The molecule has 36 heavy (non-hydrogen) atoms. The Kier molecular flexibility index (Phi) is 7.34. The molecule has 184 valence electrons. The van der Waals surface area contributed by atoms with Crippen LogP contribution in [0.5, 0.6) is 17.2 Å². The first-order valence-corrected chi connectivity index (χ1v) is 11.2. The Morgan fingerprint density at radius 3 is 2.47 bits per heavy atom. The molecule has 1 aliphatic heterocycles. The van der Waals surface area contributed by atoms with Gasteiger partial charge in [-0.05, 0) is 48.0 Å². The minimum atomic E-state index is -0.900. The van der Waals surface area contributed by atoms with Crippen molar-refractivity contribution in [2.75, 3.05) is 20.8 Å². The third-order valence-electron chi connectivity index (χ3n) is 5.85. The highest BCUT2D eigenvalue weighted by Gasteiger charge is 2.47. The third-order valence-corrected chi connectivity index (χ3v) is 5.85. The van der Waals surface area contributed by atoms with Crippen LogP contribution in [0.25, 0.3) is 5.76 Å². The summed E-state index contributed by atoms with van der Waals surface area (Å²) in [6, 6.07) is 14.4. The second-order valence-electron chi connectivity index (χ2n) is 8.02. The maximum Gasteiger partial charge on any atom is 0.295 e. The van der Waals surface area contributed by atoms with E-state index in [-0.39, 0.29) is 17.9 Å². The van der Waals surface area contributed by atoms with E-state index in [0.717, 1.165) is 5.56 Å². The zero-order valence-electron chi connectivity index (χ0n) is 20.0. The van der Waals surface area contributed by atoms with Gasteiger partial charge in [0.15, 0.2) is 0 Å². The van der Waals surface area contributed by atoms with Gasteiger partial charge in [-0.2, -0.15) is 0 Å². The van der Waals surface area contributed by atoms with Crippen LogP contribution in [0.2, 0.25) is 0 Å². The summed E-state index contributed by atoms with van der Waals surface area (Å²) in [6.07, 6.45) is 4.88. The number of pyridine rings is 1. The topological polar surface area (TPSA) is 98.2 Å². The highest BCUT2D eigenvalue weighted by Crippen LogP contribution is 2.44. The lowest BCUT2D eigenvalue weighted by molar-refractivity contribution is -0.140. The molecule has 1 aromatic heterocycles. The number of carbonyl (C=O) groups excluding carboxylic acids is 2. The summed E-state index contributed by atoms with van der Waals surface area (Å²) in [4.78, 5) is 32.1. The standard InChI is InChI=1S/C28H26N2O6/c1-4-14-36-20-9-7-19(8-10-20)26(31)24-25(22-12-11-21(34-2)15-23(22)35-3)30(28(33)27(24)32)17-18-6-5-13-29-16-18/h4-13,15-16,25,31H,1,14,17H2,2-3H3/t25-/m0/s1. The number of ketones is 1. The number of hydrogen-bond acceptors (Lipinski definition) is 7. The largest absolute Gasteiger partial charge is 0.507 e. The molecule has 1 atom stereocenters. The average molecular weight is 487 g/mol. The van der Waals surface area contributed by atoms with E-state index in [2.05, 4.69) is 11.6 Å². The number of aliphatic hydroxyl groups excluding tert-OH is 1. The minimum absolute atomic E-state index is 0.0351. The van der Waals surface area contributed by atoms with Crippen molar-refractivity contribution in [2.24, 2.45) is 0 Å². The van der Waals surface area contributed by atoms with E-state index in [0.29, 0.717) is 35.0 Å². The van der Waals surface area contributed by atoms with Crippen LogP contribution in [-0.4, -0.2) is 47.5 Å². The van der Waals surface area contributed by atoms with E-state index in [9.17, 15) is 14.7 Å². The molecular formula is C28H26N2O6. The van der Waals surface area contributed by atoms with Crippen molar-refractivity contribution in [3.63, 3.8) is 0 Å². The number of ether oxygens (including phenoxy) is 3. The number of Topliss-reactive ketones (excluding diaryl/α,β-unsaturated/α-hetero) is 1. The highest BCUT2D eigenvalue weighted by atomic mass is 16.5. The fourth-order valence-corrected chi connectivity index (χ4v) is 4.12. The molecule has 1 aliphatic rings. The van der Waals surface area contributed by atoms with Crippen LogP contribution >= 0.6 is 0 Å².